The number of rotatable bonds is 17. The van der Waals surface area contributed by atoms with Gasteiger partial charge in [0, 0.05) is 26.1 Å². The van der Waals surface area contributed by atoms with Crippen LogP contribution in [0.2, 0.25) is 0 Å². The molecule has 0 saturated carbocycles. The minimum absolute atomic E-state index is 0.136. The van der Waals surface area contributed by atoms with E-state index in [1.807, 2.05) is 26.0 Å². The molecule has 8 nitrogen and oxygen atoms in total. The minimum Gasteiger partial charge on any atom is -0.494 e. The van der Waals surface area contributed by atoms with Gasteiger partial charge >= 0.3 is 12.0 Å². The molecule has 0 radical (unpaired) electrons. The quantitative estimate of drug-likeness (QED) is 0.293. The fourth-order valence-electron chi connectivity index (χ4n) is 3.47. The zero-order valence-electron chi connectivity index (χ0n) is 22.0. The van der Waals surface area contributed by atoms with Crippen molar-refractivity contribution in [1.29, 1.82) is 0 Å². The molecule has 2 amide bonds. The lowest BCUT2D eigenvalue weighted by Crippen LogP contribution is -2.43. The van der Waals surface area contributed by atoms with Crippen molar-refractivity contribution < 1.29 is 33.3 Å². The third kappa shape index (κ3) is 12.0. The first-order valence-electron chi connectivity index (χ1n) is 12.8. The lowest BCUT2D eigenvalue weighted by Gasteiger charge is -2.24. The summed E-state index contributed by atoms with van der Waals surface area (Å²) in [4.78, 5) is 25.7. The summed E-state index contributed by atoms with van der Waals surface area (Å²) in [6, 6.07) is 13.0. The molecule has 1 atom stereocenters. The van der Waals surface area contributed by atoms with Gasteiger partial charge in [-0.2, -0.15) is 0 Å². The number of carbonyl (C=O) groups is 2. The number of nitrogens with one attached hydrogen (secondary N) is 1. The lowest BCUT2D eigenvalue weighted by molar-refractivity contribution is -0.149. The summed E-state index contributed by atoms with van der Waals surface area (Å²) in [7, 11) is 0. The number of aliphatic carboxylic acids is 1. The van der Waals surface area contributed by atoms with Crippen molar-refractivity contribution in [3.05, 3.63) is 59.9 Å². The number of hydrogen-bond donors (Lipinski definition) is 2. The number of benzene rings is 2. The zero-order valence-corrected chi connectivity index (χ0v) is 22.0. The molecule has 0 aliphatic heterocycles. The largest absolute Gasteiger partial charge is 0.494 e. The first kappa shape index (κ1) is 29.9. The highest BCUT2D eigenvalue weighted by molar-refractivity contribution is 5.74. The SMILES string of the molecule is CCOC(Cc1ccc(OCCN(CCCCOc2ccc(F)cc2)C(=O)NCC(C)C)cc1)C(=O)O. The molecule has 1 unspecified atom stereocenters. The van der Waals surface area contributed by atoms with Gasteiger partial charge in [0.1, 0.15) is 23.9 Å². The Bertz CT molecular complexity index is 937. The molecule has 2 N–H and O–H groups in total. The van der Waals surface area contributed by atoms with Gasteiger partial charge in [0.05, 0.1) is 13.2 Å². The number of carboxylic acid groups (broad SMARTS) is 1. The van der Waals surface area contributed by atoms with E-state index >= 15 is 0 Å². The summed E-state index contributed by atoms with van der Waals surface area (Å²) in [5.74, 6) is 0.307. The number of halogens is 1. The van der Waals surface area contributed by atoms with E-state index in [-0.39, 0.29) is 18.3 Å². The van der Waals surface area contributed by atoms with Crippen molar-refractivity contribution in [2.24, 2.45) is 5.92 Å². The van der Waals surface area contributed by atoms with Gasteiger partial charge in [0.2, 0.25) is 0 Å². The van der Waals surface area contributed by atoms with Gasteiger partial charge < -0.3 is 29.5 Å². The molecule has 2 aromatic rings. The second kappa shape index (κ2) is 16.4. The summed E-state index contributed by atoms with van der Waals surface area (Å²) in [5.41, 5.74) is 0.839. The predicted octanol–water partition coefficient (Wildman–Crippen LogP) is 4.76. The maximum absolute atomic E-state index is 13.0. The molecular formula is C28H39FN2O6. The Labute approximate surface area is 218 Å². The summed E-state index contributed by atoms with van der Waals surface area (Å²) < 4.78 is 29.7. The van der Waals surface area contributed by atoms with Gasteiger partial charge in [0.15, 0.2) is 6.10 Å². The Morgan fingerprint density at radius 3 is 2.16 bits per heavy atom. The topological polar surface area (TPSA) is 97.3 Å². The smallest absolute Gasteiger partial charge is 0.333 e. The van der Waals surface area contributed by atoms with Crippen LogP contribution in [0.4, 0.5) is 9.18 Å². The standard InChI is InChI=1S/C28H39FN2O6/c1-4-35-26(27(32)33)19-22-7-11-24(12-8-22)37-18-16-31(28(34)30-20-21(2)3)15-5-6-17-36-25-13-9-23(29)10-14-25/h7-14,21,26H,4-6,15-20H2,1-3H3,(H,30,34)(H,32,33). The lowest BCUT2D eigenvalue weighted by atomic mass is 10.1. The molecule has 204 valence electrons. The van der Waals surface area contributed by atoms with Gasteiger partial charge in [-0.1, -0.05) is 26.0 Å². The van der Waals surface area contributed by atoms with E-state index in [2.05, 4.69) is 5.32 Å². The molecule has 0 spiro atoms. The second-order valence-corrected chi connectivity index (χ2v) is 9.06. The number of urea groups is 1. The van der Waals surface area contributed by atoms with E-state index in [1.165, 1.54) is 12.1 Å². The molecule has 0 bridgehead atoms. The summed E-state index contributed by atoms with van der Waals surface area (Å²) in [6.45, 7) is 8.52. The van der Waals surface area contributed by atoms with Crippen LogP contribution >= 0.6 is 0 Å². The van der Waals surface area contributed by atoms with Crippen LogP contribution in [0, 0.1) is 11.7 Å². The van der Waals surface area contributed by atoms with Gasteiger partial charge in [-0.05, 0) is 67.6 Å². The number of unbranched alkanes of at least 4 members (excludes halogenated alkanes) is 1. The van der Waals surface area contributed by atoms with E-state index in [0.717, 1.165) is 18.4 Å². The molecule has 37 heavy (non-hydrogen) atoms. The molecular weight excluding hydrogens is 479 g/mol. The van der Waals surface area contributed by atoms with Crippen molar-refractivity contribution in [1.82, 2.24) is 10.2 Å². The summed E-state index contributed by atoms with van der Waals surface area (Å²) in [6.07, 6.45) is 0.885. The molecule has 9 heteroatoms. The van der Waals surface area contributed by atoms with Crippen LogP contribution < -0.4 is 14.8 Å². The second-order valence-electron chi connectivity index (χ2n) is 9.06. The van der Waals surface area contributed by atoms with Crippen molar-refractivity contribution in [3.8, 4) is 11.5 Å². The maximum atomic E-state index is 13.0. The average Bonchev–Trinajstić information content (AvgIpc) is 2.87. The van der Waals surface area contributed by atoms with Crippen LogP contribution in [0.1, 0.15) is 39.2 Å². The number of nitrogens with zero attached hydrogens (tertiary/aromatic N) is 1. The molecule has 0 aliphatic carbocycles. The van der Waals surface area contributed by atoms with E-state index in [1.54, 1.807) is 36.1 Å². The van der Waals surface area contributed by atoms with Crippen LogP contribution in [0.25, 0.3) is 0 Å². The highest BCUT2D eigenvalue weighted by Crippen LogP contribution is 2.15. The number of ether oxygens (including phenoxy) is 3. The molecule has 0 heterocycles. The fraction of sp³-hybridized carbons (Fsp3) is 0.500. The van der Waals surface area contributed by atoms with Crippen molar-refractivity contribution in [2.75, 3.05) is 39.5 Å². The highest BCUT2D eigenvalue weighted by Gasteiger charge is 2.18. The minimum atomic E-state index is -0.986. The van der Waals surface area contributed by atoms with E-state index in [9.17, 15) is 19.1 Å². The number of carboxylic acids is 1. The molecule has 2 rings (SSSR count). The van der Waals surface area contributed by atoms with Crippen molar-refractivity contribution >= 4 is 12.0 Å². The normalized spacial score (nSPS) is 11.7. The van der Waals surface area contributed by atoms with Crippen LogP contribution in [0.15, 0.2) is 48.5 Å². The van der Waals surface area contributed by atoms with Crippen LogP contribution in [-0.2, 0) is 16.0 Å². The predicted molar refractivity (Wildman–Crippen MR) is 140 cm³/mol. The maximum Gasteiger partial charge on any atom is 0.333 e. The summed E-state index contributed by atoms with van der Waals surface area (Å²) in [5, 5.41) is 12.2. The Morgan fingerprint density at radius 1 is 0.946 bits per heavy atom. The molecule has 0 fully saturated rings. The third-order valence-electron chi connectivity index (χ3n) is 5.47. The number of amides is 2. The number of carbonyl (C=O) groups excluding carboxylic acids is 1. The zero-order chi connectivity index (χ0) is 27.0. The van der Waals surface area contributed by atoms with Crippen LogP contribution in [-0.4, -0.2) is 67.6 Å². The van der Waals surface area contributed by atoms with E-state index < -0.39 is 12.1 Å². The Kier molecular flexibility index (Phi) is 13.3. The van der Waals surface area contributed by atoms with Gasteiger partial charge in [-0.3, -0.25) is 0 Å². The molecule has 2 aromatic carbocycles. The van der Waals surface area contributed by atoms with Gasteiger partial charge in [0.25, 0.3) is 0 Å². The van der Waals surface area contributed by atoms with Crippen LogP contribution in [0.3, 0.4) is 0 Å². The van der Waals surface area contributed by atoms with Gasteiger partial charge in [-0.15, -0.1) is 0 Å². The highest BCUT2D eigenvalue weighted by atomic mass is 19.1. The van der Waals surface area contributed by atoms with Gasteiger partial charge in [-0.25, -0.2) is 14.0 Å². The first-order chi connectivity index (χ1) is 17.8. The van der Waals surface area contributed by atoms with Crippen LogP contribution in [0.5, 0.6) is 11.5 Å². The molecule has 0 saturated heterocycles. The Balaban J connectivity index is 1.81. The fourth-order valence-corrected chi connectivity index (χ4v) is 3.47. The van der Waals surface area contributed by atoms with Crippen molar-refractivity contribution in [3.63, 3.8) is 0 Å². The average molecular weight is 519 g/mol. The molecule has 0 aliphatic rings. The first-order valence-corrected chi connectivity index (χ1v) is 12.8. The summed E-state index contributed by atoms with van der Waals surface area (Å²) >= 11 is 0. The number of hydrogen-bond acceptors (Lipinski definition) is 5. The van der Waals surface area contributed by atoms with E-state index in [0.29, 0.717) is 56.9 Å². The van der Waals surface area contributed by atoms with E-state index in [4.69, 9.17) is 14.2 Å². The van der Waals surface area contributed by atoms with Crippen molar-refractivity contribution in [2.45, 2.75) is 46.1 Å². The monoisotopic (exact) mass is 518 g/mol. The Morgan fingerprint density at radius 2 is 1.57 bits per heavy atom. The third-order valence-corrected chi connectivity index (χ3v) is 5.47. The molecule has 0 aromatic heterocycles. The Hall–Kier alpha value is -3.33.